The molecule has 0 bridgehead atoms. The molecule has 2 heterocycles. The van der Waals surface area contributed by atoms with Crippen LogP contribution >= 0.6 is 0 Å². The maximum absolute atomic E-state index is 13.5. The molecule has 0 spiro atoms. The number of carbonyl (C=O) groups is 1. The maximum Gasteiger partial charge on any atom is 0.233 e. The molecular formula is C25H27N3O3. The lowest BCUT2D eigenvalue weighted by Crippen LogP contribution is -2.40. The van der Waals surface area contributed by atoms with Gasteiger partial charge in [0, 0.05) is 36.3 Å². The van der Waals surface area contributed by atoms with Crippen LogP contribution in [0.2, 0.25) is 0 Å². The fourth-order valence-corrected chi connectivity index (χ4v) is 4.64. The molecule has 0 unspecified atom stereocenters. The summed E-state index contributed by atoms with van der Waals surface area (Å²) in [5.41, 5.74) is 5.13. The van der Waals surface area contributed by atoms with Gasteiger partial charge in [0.1, 0.15) is 11.5 Å². The Labute approximate surface area is 182 Å². The highest BCUT2D eigenvalue weighted by molar-refractivity contribution is 5.91. The topological polar surface area (TPSA) is 67.5 Å². The summed E-state index contributed by atoms with van der Waals surface area (Å²) < 4.78 is 10.5. The number of amides is 1. The number of aromatic amines is 1. The van der Waals surface area contributed by atoms with Crippen LogP contribution in [0.4, 0.5) is 0 Å². The first kappa shape index (κ1) is 19.7. The lowest BCUT2D eigenvalue weighted by Gasteiger charge is -2.26. The minimum Gasteiger partial charge on any atom is -0.497 e. The van der Waals surface area contributed by atoms with Crippen LogP contribution in [0.5, 0.6) is 11.5 Å². The van der Waals surface area contributed by atoms with Gasteiger partial charge in [-0.05, 0) is 61.2 Å². The predicted octanol–water partition coefficient (Wildman–Crippen LogP) is 3.75. The van der Waals surface area contributed by atoms with Gasteiger partial charge < -0.3 is 14.4 Å². The van der Waals surface area contributed by atoms with E-state index < -0.39 is 0 Å². The zero-order chi connectivity index (χ0) is 21.4. The molecule has 3 aromatic rings. The molecule has 1 fully saturated rings. The molecule has 0 radical (unpaired) electrons. The van der Waals surface area contributed by atoms with Gasteiger partial charge in [-0.25, -0.2) is 0 Å². The number of rotatable bonds is 5. The Morgan fingerprint density at radius 2 is 1.55 bits per heavy atom. The van der Waals surface area contributed by atoms with E-state index in [1.165, 1.54) is 5.56 Å². The molecule has 31 heavy (non-hydrogen) atoms. The first-order chi connectivity index (χ1) is 15.1. The van der Waals surface area contributed by atoms with E-state index in [0.717, 1.165) is 59.7 Å². The van der Waals surface area contributed by atoms with E-state index in [2.05, 4.69) is 10.2 Å². The molecule has 0 atom stereocenters. The molecule has 1 aromatic heterocycles. The Bertz CT molecular complexity index is 1080. The SMILES string of the molecule is COc1ccc(-c2n[nH]c3c2CCN(C(=O)C2(c4ccc(OC)cc4)CC2)CC3)cc1. The molecule has 6 nitrogen and oxygen atoms in total. The van der Waals surface area contributed by atoms with E-state index >= 15 is 0 Å². The lowest BCUT2D eigenvalue weighted by molar-refractivity contribution is -0.133. The average molecular weight is 418 g/mol. The van der Waals surface area contributed by atoms with Crippen molar-refractivity contribution >= 4 is 5.91 Å². The summed E-state index contributed by atoms with van der Waals surface area (Å²) in [6, 6.07) is 15.9. The Balaban J connectivity index is 1.34. The van der Waals surface area contributed by atoms with Crippen LogP contribution in [-0.4, -0.2) is 48.3 Å². The molecule has 1 N–H and O–H groups in total. The smallest absolute Gasteiger partial charge is 0.233 e. The number of fused-ring (bicyclic) bond motifs is 1. The number of hydrogen-bond donors (Lipinski definition) is 1. The standard InChI is InChI=1S/C25H27N3O3/c1-30-19-7-3-17(4-8-19)23-21-11-15-28(16-12-22(21)26-27-23)24(29)25(13-14-25)18-5-9-20(31-2)10-6-18/h3-10H,11-16H2,1-2H3,(H,26,27). The van der Waals surface area contributed by atoms with E-state index in [1.54, 1.807) is 14.2 Å². The number of hydrogen-bond acceptors (Lipinski definition) is 4. The molecule has 2 aromatic carbocycles. The summed E-state index contributed by atoms with van der Waals surface area (Å²) in [7, 11) is 3.33. The van der Waals surface area contributed by atoms with Crippen LogP contribution in [0.1, 0.15) is 29.7 Å². The van der Waals surface area contributed by atoms with Gasteiger partial charge in [0.2, 0.25) is 5.91 Å². The Hall–Kier alpha value is -3.28. The van der Waals surface area contributed by atoms with Crippen molar-refractivity contribution in [2.45, 2.75) is 31.1 Å². The van der Waals surface area contributed by atoms with Crippen molar-refractivity contribution in [3.05, 3.63) is 65.4 Å². The van der Waals surface area contributed by atoms with Gasteiger partial charge >= 0.3 is 0 Å². The van der Waals surface area contributed by atoms with Crippen molar-refractivity contribution in [2.75, 3.05) is 27.3 Å². The van der Waals surface area contributed by atoms with E-state index in [0.29, 0.717) is 13.1 Å². The highest BCUT2D eigenvalue weighted by atomic mass is 16.5. The number of nitrogens with one attached hydrogen (secondary N) is 1. The number of nitrogens with zero attached hydrogens (tertiary/aromatic N) is 2. The zero-order valence-electron chi connectivity index (χ0n) is 18.0. The van der Waals surface area contributed by atoms with Crippen molar-refractivity contribution in [3.63, 3.8) is 0 Å². The van der Waals surface area contributed by atoms with Crippen LogP contribution in [0, 0.1) is 0 Å². The maximum atomic E-state index is 13.5. The lowest BCUT2D eigenvalue weighted by atomic mass is 9.94. The molecule has 6 heteroatoms. The third-order valence-corrected chi connectivity index (χ3v) is 6.67. The average Bonchev–Trinajstić information content (AvgIpc) is 3.58. The Kier molecular flexibility index (Phi) is 4.93. The van der Waals surface area contributed by atoms with Gasteiger partial charge in [0.25, 0.3) is 0 Å². The molecule has 1 saturated carbocycles. The normalized spacial score (nSPS) is 16.9. The fourth-order valence-electron chi connectivity index (χ4n) is 4.64. The summed E-state index contributed by atoms with van der Waals surface area (Å²) in [6.07, 6.45) is 3.43. The van der Waals surface area contributed by atoms with Crippen LogP contribution in [0.25, 0.3) is 11.3 Å². The highest BCUT2D eigenvalue weighted by Crippen LogP contribution is 2.50. The van der Waals surface area contributed by atoms with Crippen molar-refractivity contribution in [2.24, 2.45) is 0 Å². The van der Waals surface area contributed by atoms with E-state index in [4.69, 9.17) is 9.47 Å². The van der Waals surface area contributed by atoms with E-state index in [-0.39, 0.29) is 11.3 Å². The molecule has 5 rings (SSSR count). The van der Waals surface area contributed by atoms with Crippen LogP contribution < -0.4 is 9.47 Å². The quantitative estimate of drug-likeness (QED) is 0.687. The van der Waals surface area contributed by atoms with Crippen molar-refractivity contribution in [1.82, 2.24) is 15.1 Å². The van der Waals surface area contributed by atoms with Crippen LogP contribution in [0.3, 0.4) is 0 Å². The van der Waals surface area contributed by atoms with Gasteiger partial charge in [-0.3, -0.25) is 9.89 Å². The molecule has 2 aliphatic rings. The van der Waals surface area contributed by atoms with Gasteiger partial charge in [-0.15, -0.1) is 0 Å². The predicted molar refractivity (Wildman–Crippen MR) is 118 cm³/mol. The van der Waals surface area contributed by atoms with Gasteiger partial charge in [0.15, 0.2) is 0 Å². The minimum atomic E-state index is -0.360. The highest BCUT2D eigenvalue weighted by Gasteiger charge is 2.53. The molecular weight excluding hydrogens is 390 g/mol. The third-order valence-electron chi connectivity index (χ3n) is 6.67. The second kappa shape index (κ2) is 7.76. The summed E-state index contributed by atoms with van der Waals surface area (Å²) in [4.78, 5) is 15.6. The number of aromatic nitrogens is 2. The molecule has 1 amide bonds. The first-order valence-corrected chi connectivity index (χ1v) is 10.8. The summed E-state index contributed by atoms with van der Waals surface area (Å²) in [5.74, 6) is 1.90. The second-order valence-corrected chi connectivity index (χ2v) is 8.36. The number of carbonyl (C=O) groups excluding carboxylic acids is 1. The summed E-state index contributed by atoms with van der Waals surface area (Å²) in [6.45, 7) is 1.43. The minimum absolute atomic E-state index is 0.252. The molecule has 160 valence electrons. The summed E-state index contributed by atoms with van der Waals surface area (Å²) in [5, 5.41) is 7.80. The van der Waals surface area contributed by atoms with Crippen LogP contribution in [0.15, 0.2) is 48.5 Å². The zero-order valence-corrected chi connectivity index (χ0v) is 18.0. The second-order valence-electron chi connectivity index (χ2n) is 8.36. The Morgan fingerprint density at radius 3 is 2.16 bits per heavy atom. The van der Waals surface area contributed by atoms with Crippen molar-refractivity contribution < 1.29 is 14.3 Å². The number of H-pyrrole nitrogens is 1. The first-order valence-electron chi connectivity index (χ1n) is 10.8. The number of methoxy groups -OCH3 is 2. The van der Waals surface area contributed by atoms with Gasteiger partial charge in [-0.2, -0.15) is 5.10 Å². The van der Waals surface area contributed by atoms with Crippen molar-refractivity contribution in [3.8, 4) is 22.8 Å². The van der Waals surface area contributed by atoms with E-state index in [1.807, 2.05) is 53.4 Å². The number of benzene rings is 2. The monoisotopic (exact) mass is 417 g/mol. The fraction of sp³-hybridized carbons (Fsp3) is 0.360. The molecule has 0 saturated heterocycles. The molecule has 1 aliphatic carbocycles. The van der Waals surface area contributed by atoms with Gasteiger partial charge in [-0.1, -0.05) is 12.1 Å². The third kappa shape index (κ3) is 3.46. The van der Waals surface area contributed by atoms with Gasteiger partial charge in [0.05, 0.1) is 25.3 Å². The summed E-state index contributed by atoms with van der Waals surface area (Å²) >= 11 is 0. The Morgan fingerprint density at radius 1 is 0.935 bits per heavy atom. The van der Waals surface area contributed by atoms with Crippen molar-refractivity contribution in [1.29, 1.82) is 0 Å². The van der Waals surface area contributed by atoms with E-state index in [9.17, 15) is 4.79 Å². The molecule has 1 aliphatic heterocycles. The largest absolute Gasteiger partial charge is 0.497 e. The number of ether oxygens (including phenoxy) is 2. The van der Waals surface area contributed by atoms with Crippen LogP contribution in [-0.2, 0) is 23.1 Å².